The van der Waals surface area contributed by atoms with E-state index in [1.807, 2.05) is 4.90 Å². The molecule has 1 saturated carbocycles. The number of nitrogens with zero attached hydrogens (tertiary/aromatic N) is 3. The van der Waals surface area contributed by atoms with Crippen molar-refractivity contribution in [1.82, 2.24) is 10.2 Å². The molecule has 5 nitrogen and oxygen atoms in total. The first-order valence-corrected chi connectivity index (χ1v) is 12.6. The van der Waals surface area contributed by atoms with Gasteiger partial charge in [0.1, 0.15) is 11.4 Å². The quantitative estimate of drug-likeness (QED) is 0.604. The van der Waals surface area contributed by atoms with E-state index in [0.717, 1.165) is 44.6 Å². The molecule has 1 aromatic carbocycles. The highest BCUT2D eigenvalue weighted by molar-refractivity contribution is 5.66. The number of aromatic nitrogens is 2. The molecule has 1 aliphatic carbocycles. The Morgan fingerprint density at radius 2 is 1.94 bits per heavy atom. The summed E-state index contributed by atoms with van der Waals surface area (Å²) in [7, 11) is 0. The van der Waals surface area contributed by atoms with Gasteiger partial charge in [-0.1, -0.05) is 6.07 Å². The van der Waals surface area contributed by atoms with E-state index in [1.54, 1.807) is 6.92 Å². The third-order valence-electron chi connectivity index (χ3n) is 8.72. The number of alkyl halides is 3. The molecule has 1 aromatic heterocycles. The van der Waals surface area contributed by atoms with Crippen LogP contribution in [0.15, 0.2) is 24.3 Å². The van der Waals surface area contributed by atoms with Gasteiger partial charge in [-0.15, -0.1) is 10.2 Å². The summed E-state index contributed by atoms with van der Waals surface area (Å²) in [6, 6.07) is 5.07. The molecule has 3 saturated heterocycles. The van der Waals surface area contributed by atoms with E-state index in [9.17, 15) is 17.6 Å². The van der Waals surface area contributed by atoms with Crippen molar-refractivity contribution < 1.29 is 22.3 Å². The Morgan fingerprint density at radius 3 is 2.66 bits per heavy atom. The number of hydrogen-bond donors (Lipinski definition) is 1. The summed E-state index contributed by atoms with van der Waals surface area (Å²) in [4.78, 5) is 1.85. The van der Waals surface area contributed by atoms with Gasteiger partial charge in [0.05, 0.1) is 17.9 Å². The van der Waals surface area contributed by atoms with E-state index in [1.165, 1.54) is 18.2 Å². The number of aryl methyl sites for hydroxylation is 1. The highest BCUT2D eigenvalue weighted by atomic mass is 19.4. The fraction of sp³-hybridized carbons (Fsp3) is 0.615. The molecule has 35 heavy (non-hydrogen) atoms. The van der Waals surface area contributed by atoms with Gasteiger partial charge in [0, 0.05) is 24.2 Å². The Hall–Kier alpha value is -2.26. The van der Waals surface area contributed by atoms with E-state index in [2.05, 4.69) is 10.2 Å². The van der Waals surface area contributed by atoms with Crippen LogP contribution in [-0.4, -0.2) is 41.0 Å². The number of benzene rings is 1. The number of fused-ring (bicyclic) bond motifs is 3. The van der Waals surface area contributed by atoms with Gasteiger partial charge in [0.15, 0.2) is 5.82 Å². The van der Waals surface area contributed by atoms with Crippen molar-refractivity contribution in [2.24, 2.45) is 23.5 Å². The van der Waals surface area contributed by atoms with Crippen LogP contribution in [0.2, 0.25) is 0 Å². The molecule has 2 bridgehead atoms. The predicted octanol–water partition coefficient (Wildman–Crippen LogP) is 5.11. The first-order chi connectivity index (χ1) is 16.7. The molecule has 3 aliphatic heterocycles. The van der Waals surface area contributed by atoms with Gasteiger partial charge in [0.25, 0.3) is 0 Å². The molecule has 4 heterocycles. The number of ether oxygens (including phenoxy) is 1. The van der Waals surface area contributed by atoms with Gasteiger partial charge in [0.2, 0.25) is 0 Å². The molecule has 9 heteroatoms. The summed E-state index contributed by atoms with van der Waals surface area (Å²) in [5.41, 5.74) is 6.43. The number of anilines is 1. The van der Waals surface area contributed by atoms with E-state index < -0.39 is 17.6 Å². The van der Waals surface area contributed by atoms with Crippen LogP contribution < -0.4 is 10.6 Å². The molecule has 0 spiro atoms. The highest BCUT2D eigenvalue weighted by Crippen LogP contribution is 2.50. The Labute approximate surface area is 202 Å². The monoisotopic (exact) mass is 490 g/mol. The van der Waals surface area contributed by atoms with Crippen LogP contribution in [0.25, 0.3) is 11.3 Å². The second kappa shape index (κ2) is 8.40. The second-order valence-electron chi connectivity index (χ2n) is 10.9. The topological polar surface area (TPSA) is 64.3 Å². The number of rotatable bonds is 4. The third kappa shape index (κ3) is 4.10. The number of hydrogen-bond acceptors (Lipinski definition) is 5. The van der Waals surface area contributed by atoms with Crippen molar-refractivity contribution >= 4 is 5.82 Å². The van der Waals surface area contributed by atoms with E-state index >= 15 is 0 Å². The van der Waals surface area contributed by atoms with E-state index in [-0.39, 0.29) is 41.5 Å². The van der Waals surface area contributed by atoms with Gasteiger partial charge in [-0.05, 0) is 87.0 Å². The lowest BCUT2D eigenvalue weighted by Crippen LogP contribution is -2.39. The van der Waals surface area contributed by atoms with Gasteiger partial charge < -0.3 is 15.4 Å². The molecule has 0 amide bonds. The predicted molar refractivity (Wildman–Crippen MR) is 123 cm³/mol. The zero-order valence-electron chi connectivity index (χ0n) is 19.6. The lowest BCUT2D eigenvalue weighted by molar-refractivity contribution is -0.137. The fourth-order valence-electron chi connectivity index (χ4n) is 7.16. The summed E-state index contributed by atoms with van der Waals surface area (Å²) in [5.74, 6) is 0.210. The molecule has 0 radical (unpaired) electrons. The third-order valence-corrected chi connectivity index (χ3v) is 8.72. The molecule has 188 valence electrons. The molecular weight excluding hydrogens is 460 g/mol. The van der Waals surface area contributed by atoms with Crippen LogP contribution in [0.4, 0.5) is 23.4 Å². The fourth-order valence-corrected chi connectivity index (χ4v) is 7.16. The lowest BCUT2D eigenvalue weighted by atomic mass is 9.80. The SMILES string of the molecule is Cc1ccc(F)cc1-c1cc(C(F)(F)F)c(N2C[C@H]3C[C@H](N)C[C@@H]3[C@@H]2C[C@@H]2C[C@H]3CC[C@H]2O3)nn1. The summed E-state index contributed by atoms with van der Waals surface area (Å²) < 4.78 is 63.0. The normalized spacial score (nSPS) is 34.1. The number of nitrogens with two attached hydrogens (primary N) is 1. The Morgan fingerprint density at radius 1 is 1.11 bits per heavy atom. The minimum absolute atomic E-state index is 0.0255. The first kappa shape index (κ1) is 23.2. The van der Waals surface area contributed by atoms with Crippen LogP contribution >= 0.6 is 0 Å². The molecule has 0 unspecified atom stereocenters. The standard InChI is InChI=1S/C26H30F4N4O/c1-13-2-3-16(27)9-19(13)22-11-21(26(28,29)30)25(33-32-22)34-12-15-6-17(31)10-20(15)23(34)8-14-7-18-4-5-24(14)35-18/h2-3,9,11,14-15,17-18,20,23-24H,4-8,10,12,31H2,1H3/t14-,15+,17-,18+,20-,23-,24+/m0/s1. The summed E-state index contributed by atoms with van der Waals surface area (Å²) in [6.45, 7) is 2.22. The zero-order valence-corrected chi connectivity index (χ0v) is 19.6. The average molecular weight is 491 g/mol. The Kier molecular flexibility index (Phi) is 5.56. The molecule has 4 aliphatic rings. The molecule has 4 fully saturated rings. The number of halogens is 4. The maximum atomic E-state index is 14.4. The Bertz CT molecular complexity index is 1130. The van der Waals surface area contributed by atoms with E-state index in [0.29, 0.717) is 29.7 Å². The van der Waals surface area contributed by atoms with E-state index in [4.69, 9.17) is 10.5 Å². The molecule has 6 rings (SSSR count). The maximum absolute atomic E-state index is 14.4. The highest BCUT2D eigenvalue weighted by Gasteiger charge is 2.52. The summed E-state index contributed by atoms with van der Waals surface area (Å²) >= 11 is 0. The van der Waals surface area contributed by atoms with Crippen molar-refractivity contribution in [3.05, 3.63) is 41.2 Å². The average Bonchev–Trinajstić information content (AvgIpc) is 3.57. The summed E-state index contributed by atoms with van der Waals surface area (Å²) in [5, 5.41) is 8.34. The molecular formula is C26H30F4N4O. The van der Waals surface area contributed by atoms with Crippen LogP contribution in [0, 0.1) is 30.5 Å². The Balaban J connectivity index is 1.38. The first-order valence-electron chi connectivity index (χ1n) is 12.6. The van der Waals surface area contributed by atoms with Crippen LogP contribution in [0.3, 0.4) is 0 Å². The summed E-state index contributed by atoms with van der Waals surface area (Å²) in [6.07, 6.45) is 1.41. The molecule has 7 atom stereocenters. The van der Waals surface area contributed by atoms with Crippen LogP contribution in [0.5, 0.6) is 0 Å². The van der Waals surface area contributed by atoms with Crippen molar-refractivity contribution in [2.45, 2.75) is 75.9 Å². The lowest BCUT2D eigenvalue weighted by Gasteiger charge is -2.34. The van der Waals surface area contributed by atoms with Gasteiger partial charge in [-0.25, -0.2) is 4.39 Å². The largest absolute Gasteiger partial charge is 0.420 e. The van der Waals surface area contributed by atoms with Gasteiger partial charge in [-0.2, -0.15) is 13.2 Å². The van der Waals surface area contributed by atoms with Crippen molar-refractivity contribution in [3.63, 3.8) is 0 Å². The van der Waals surface area contributed by atoms with Gasteiger partial charge in [-0.3, -0.25) is 0 Å². The van der Waals surface area contributed by atoms with Crippen LogP contribution in [-0.2, 0) is 10.9 Å². The molecule has 2 aromatic rings. The van der Waals surface area contributed by atoms with Gasteiger partial charge >= 0.3 is 6.18 Å². The van der Waals surface area contributed by atoms with Crippen LogP contribution in [0.1, 0.15) is 49.7 Å². The minimum Gasteiger partial charge on any atom is -0.375 e. The van der Waals surface area contributed by atoms with Crippen molar-refractivity contribution in [1.29, 1.82) is 0 Å². The smallest absolute Gasteiger partial charge is 0.375 e. The second-order valence-corrected chi connectivity index (χ2v) is 10.9. The minimum atomic E-state index is -4.62. The van der Waals surface area contributed by atoms with Crippen molar-refractivity contribution in [3.8, 4) is 11.3 Å². The maximum Gasteiger partial charge on any atom is 0.420 e. The zero-order chi connectivity index (χ0) is 24.5. The van der Waals surface area contributed by atoms with Crippen molar-refractivity contribution in [2.75, 3.05) is 11.4 Å². The molecule has 2 N–H and O–H groups in total.